The first-order valence-corrected chi connectivity index (χ1v) is 15.6. The number of hydrogen-bond donors (Lipinski definition) is 3. The van der Waals surface area contributed by atoms with Crippen LogP contribution in [0.4, 0.5) is 0 Å². The molecule has 4 fully saturated rings. The summed E-state index contributed by atoms with van der Waals surface area (Å²) >= 11 is 0. The Hall–Kier alpha value is -2.37. The van der Waals surface area contributed by atoms with Crippen molar-refractivity contribution >= 4 is 17.6 Å². The summed E-state index contributed by atoms with van der Waals surface area (Å²) in [4.78, 5) is 29.7. The molecular weight excluding hydrogens is 520 g/mol. The summed E-state index contributed by atoms with van der Waals surface area (Å²) in [5, 5.41) is 27.9. The van der Waals surface area contributed by atoms with Crippen molar-refractivity contribution in [2.45, 2.75) is 116 Å². The van der Waals surface area contributed by atoms with Gasteiger partial charge in [0.1, 0.15) is 5.60 Å². The molecule has 1 heterocycles. The molecular formula is C33H48N2O6. The number of carboxylic acid groups (broad SMARTS) is 1. The summed E-state index contributed by atoms with van der Waals surface area (Å²) in [7, 11) is 0. The Balaban J connectivity index is 1.19. The molecule has 226 valence electrons. The molecule has 8 heteroatoms. The van der Waals surface area contributed by atoms with Gasteiger partial charge in [-0.05, 0) is 113 Å². The standard InChI is InChI=1S/C33H48N2O6/c1-6-33(39)15-11-26-24-8-7-22-17-23(9-13-31(22,4)25(24)10-14-32(26,33)5)35-41-20-28(36)34-27(18-29(37)38)21-12-16-40-30(2,3)19-21/h1,17,21,24-27,39H,7-16,18-20H2,2-5H3,(H,34,36)(H,37,38)/b35-23-/t21-,24+,25-,26-,27-,31-,32-,33-/m0/s1. The monoisotopic (exact) mass is 568 g/mol. The molecule has 0 unspecified atom stereocenters. The number of ether oxygens (including phenoxy) is 1. The largest absolute Gasteiger partial charge is 0.481 e. The highest BCUT2D eigenvalue weighted by molar-refractivity contribution is 5.96. The van der Waals surface area contributed by atoms with Gasteiger partial charge in [-0.1, -0.05) is 30.5 Å². The minimum absolute atomic E-state index is 0.0308. The Morgan fingerprint density at radius 1 is 1.15 bits per heavy atom. The summed E-state index contributed by atoms with van der Waals surface area (Å²) in [5.41, 5.74) is 0.883. The number of terminal acetylenes is 1. The number of oxime groups is 1. The van der Waals surface area contributed by atoms with Gasteiger partial charge in [0.25, 0.3) is 5.91 Å². The van der Waals surface area contributed by atoms with Crippen LogP contribution in [-0.4, -0.2) is 58.3 Å². The van der Waals surface area contributed by atoms with Crippen LogP contribution in [0.2, 0.25) is 0 Å². The highest BCUT2D eigenvalue weighted by Crippen LogP contribution is 2.67. The van der Waals surface area contributed by atoms with E-state index in [9.17, 15) is 19.8 Å². The Morgan fingerprint density at radius 2 is 1.90 bits per heavy atom. The summed E-state index contributed by atoms with van der Waals surface area (Å²) in [6.45, 7) is 8.93. The fraction of sp³-hybridized carbons (Fsp3) is 0.788. The molecule has 3 N–H and O–H groups in total. The number of aliphatic hydroxyl groups is 1. The third-order valence-electron chi connectivity index (χ3n) is 11.8. The summed E-state index contributed by atoms with van der Waals surface area (Å²) in [6.07, 6.45) is 17.0. The molecule has 0 radical (unpaired) electrons. The Bertz CT molecular complexity index is 1150. The van der Waals surface area contributed by atoms with Gasteiger partial charge in [0.2, 0.25) is 0 Å². The van der Waals surface area contributed by atoms with E-state index in [1.165, 1.54) is 5.57 Å². The zero-order chi connectivity index (χ0) is 29.6. The van der Waals surface area contributed by atoms with Crippen molar-refractivity contribution in [2.24, 2.45) is 39.7 Å². The molecule has 0 aromatic heterocycles. The van der Waals surface area contributed by atoms with Gasteiger partial charge < -0.3 is 25.1 Å². The van der Waals surface area contributed by atoms with E-state index >= 15 is 0 Å². The molecule has 0 spiro atoms. The van der Waals surface area contributed by atoms with Crippen molar-refractivity contribution in [3.8, 4) is 12.3 Å². The number of nitrogens with one attached hydrogen (secondary N) is 1. The van der Waals surface area contributed by atoms with Gasteiger partial charge in [-0.25, -0.2) is 0 Å². The molecule has 4 aliphatic carbocycles. The highest BCUT2D eigenvalue weighted by Gasteiger charge is 2.63. The molecule has 1 aliphatic heterocycles. The van der Waals surface area contributed by atoms with Crippen LogP contribution in [0.3, 0.4) is 0 Å². The normalized spacial score (nSPS) is 41.2. The molecule has 0 aromatic carbocycles. The van der Waals surface area contributed by atoms with E-state index in [1.807, 2.05) is 13.8 Å². The first-order chi connectivity index (χ1) is 19.3. The Morgan fingerprint density at radius 3 is 2.61 bits per heavy atom. The van der Waals surface area contributed by atoms with Crippen LogP contribution in [0.5, 0.6) is 0 Å². The van der Waals surface area contributed by atoms with Crippen molar-refractivity contribution in [3.05, 3.63) is 11.6 Å². The lowest BCUT2D eigenvalue weighted by molar-refractivity contribution is -0.139. The van der Waals surface area contributed by atoms with Crippen molar-refractivity contribution in [1.29, 1.82) is 0 Å². The quantitative estimate of drug-likeness (QED) is 0.299. The smallest absolute Gasteiger partial charge is 0.305 e. The molecule has 1 saturated heterocycles. The molecule has 8 nitrogen and oxygen atoms in total. The number of hydrogen-bond acceptors (Lipinski definition) is 6. The molecule has 3 saturated carbocycles. The van der Waals surface area contributed by atoms with E-state index in [4.69, 9.17) is 16.0 Å². The van der Waals surface area contributed by atoms with Crippen LogP contribution in [-0.2, 0) is 19.2 Å². The van der Waals surface area contributed by atoms with Crippen molar-refractivity contribution < 1.29 is 29.4 Å². The van der Waals surface area contributed by atoms with Crippen LogP contribution in [0, 0.1) is 46.8 Å². The number of carbonyl (C=O) groups excluding carboxylic acids is 1. The van der Waals surface area contributed by atoms with Crippen molar-refractivity contribution in [2.75, 3.05) is 13.2 Å². The average molecular weight is 569 g/mol. The van der Waals surface area contributed by atoms with Gasteiger partial charge >= 0.3 is 5.97 Å². The Labute approximate surface area is 244 Å². The maximum Gasteiger partial charge on any atom is 0.305 e. The minimum Gasteiger partial charge on any atom is -0.481 e. The highest BCUT2D eigenvalue weighted by atomic mass is 16.6. The molecule has 0 aromatic rings. The van der Waals surface area contributed by atoms with E-state index in [0.29, 0.717) is 43.6 Å². The van der Waals surface area contributed by atoms with Gasteiger partial charge in [-0.15, -0.1) is 6.42 Å². The summed E-state index contributed by atoms with van der Waals surface area (Å²) in [5.74, 6) is 3.14. The first kappa shape index (κ1) is 30.1. The summed E-state index contributed by atoms with van der Waals surface area (Å²) < 4.78 is 5.77. The van der Waals surface area contributed by atoms with Gasteiger partial charge in [0, 0.05) is 18.1 Å². The van der Waals surface area contributed by atoms with E-state index in [-0.39, 0.29) is 41.3 Å². The number of fused-ring (bicyclic) bond motifs is 5. The zero-order valence-corrected chi connectivity index (χ0v) is 25.2. The van der Waals surface area contributed by atoms with E-state index in [0.717, 1.165) is 50.7 Å². The molecule has 41 heavy (non-hydrogen) atoms. The van der Waals surface area contributed by atoms with Gasteiger partial charge in [0.05, 0.1) is 17.7 Å². The third-order valence-corrected chi connectivity index (χ3v) is 11.8. The minimum atomic E-state index is -0.981. The number of amides is 1. The van der Waals surface area contributed by atoms with Gasteiger partial charge in [-0.2, -0.15) is 0 Å². The molecule has 0 bridgehead atoms. The van der Waals surface area contributed by atoms with Crippen molar-refractivity contribution in [3.63, 3.8) is 0 Å². The molecule has 8 atom stereocenters. The first-order valence-electron chi connectivity index (χ1n) is 15.6. The SMILES string of the molecule is C#C[C@]1(O)CC[C@H]2[C@@H]3CCC4=C/C(=N\OCC(=O)N[C@@H](CC(=O)O)[C@H]5CCOC(C)(C)C5)CC[C@]4(C)[C@H]3CC[C@@]21C. The maximum absolute atomic E-state index is 12.7. The van der Waals surface area contributed by atoms with Crippen LogP contribution in [0.25, 0.3) is 0 Å². The fourth-order valence-electron chi connectivity index (χ4n) is 9.46. The Kier molecular flexibility index (Phi) is 8.10. The molecule has 5 aliphatic rings. The zero-order valence-electron chi connectivity index (χ0n) is 25.2. The second-order valence-corrected chi connectivity index (χ2v) is 14.5. The number of carbonyl (C=O) groups is 2. The van der Waals surface area contributed by atoms with Crippen molar-refractivity contribution in [1.82, 2.24) is 5.32 Å². The van der Waals surface area contributed by atoms with E-state index in [1.54, 1.807) is 0 Å². The number of allylic oxidation sites excluding steroid dienone is 2. The number of aliphatic carboxylic acids is 1. The second kappa shape index (κ2) is 11.0. The van der Waals surface area contributed by atoms with Crippen LogP contribution in [0.15, 0.2) is 16.8 Å². The van der Waals surface area contributed by atoms with Gasteiger partial charge in [0.15, 0.2) is 6.61 Å². The van der Waals surface area contributed by atoms with E-state index in [2.05, 4.69) is 36.3 Å². The van der Waals surface area contributed by atoms with Crippen LogP contribution < -0.4 is 5.32 Å². The number of carboxylic acids is 1. The topological polar surface area (TPSA) is 117 Å². The maximum atomic E-state index is 12.7. The lowest BCUT2D eigenvalue weighted by Gasteiger charge is -2.58. The average Bonchev–Trinajstić information content (AvgIpc) is 3.18. The van der Waals surface area contributed by atoms with E-state index < -0.39 is 17.6 Å². The summed E-state index contributed by atoms with van der Waals surface area (Å²) in [6, 6.07) is -0.471. The van der Waals surface area contributed by atoms with Crippen LogP contribution >= 0.6 is 0 Å². The lowest BCUT2D eigenvalue weighted by atomic mass is 9.46. The molecule has 5 rings (SSSR count). The van der Waals surface area contributed by atoms with Gasteiger partial charge in [-0.3, -0.25) is 9.59 Å². The molecule has 1 amide bonds. The predicted molar refractivity (Wildman–Crippen MR) is 156 cm³/mol. The lowest BCUT2D eigenvalue weighted by Crippen LogP contribution is -2.54. The number of rotatable bonds is 7. The second-order valence-electron chi connectivity index (χ2n) is 14.5. The van der Waals surface area contributed by atoms with Crippen LogP contribution in [0.1, 0.15) is 98.3 Å². The number of nitrogens with zero attached hydrogens (tertiary/aromatic N) is 1. The predicted octanol–water partition coefficient (Wildman–Crippen LogP) is 4.85. The fourth-order valence-corrected chi connectivity index (χ4v) is 9.46. The third kappa shape index (κ3) is 5.57.